The molecule has 2 N–H and O–H groups in total. The van der Waals surface area contributed by atoms with E-state index in [0.29, 0.717) is 5.56 Å². The highest BCUT2D eigenvalue weighted by Crippen LogP contribution is 2.24. The van der Waals surface area contributed by atoms with Crippen LogP contribution in [0.2, 0.25) is 0 Å². The largest absolute Gasteiger partial charge is 0.396 e. The normalized spacial score (nSPS) is 24.1. The molecule has 0 aromatic heterocycles. The minimum atomic E-state index is -0.364. The van der Waals surface area contributed by atoms with Crippen LogP contribution >= 0.6 is 0 Å². The van der Waals surface area contributed by atoms with Crippen molar-refractivity contribution in [3.05, 3.63) is 29.6 Å². The summed E-state index contributed by atoms with van der Waals surface area (Å²) in [7, 11) is 1.73. The molecule has 0 spiro atoms. The van der Waals surface area contributed by atoms with Crippen LogP contribution in [-0.2, 0) is 16.1 Å². The molecular formula is C14H20FNO2. The lowest BCUT2D eigenvalue weighted by Crippen LogP contribution is -2.27. The number of benzene rings is 1. The Kier molecular flexibility index (Phi) is 4.55. The molecule has 1 aromatic carbocycles. The second kappa shape index (κ2) is 6.16. The SMILES string of the molecule is COC1CCCC(OCc2cccc(N)c2F)C1. The third-order valence-electron chi connectivity index (χ3n) is 3.49. The number of halogens is 1. The Bertz CT molecular complexity index is 397. The first kappa shape index (κ1) is 13.3. The van der Waals surface area contributed by atoms with Gasteiger partial charge in [0.1, 0.15) is 0 Å². The highest BCUT2D eigenvalue weighted by atomic mass is 19.1. The number of nitrogen functional groups attached to an aromatic ring is 1. The molecule has 2 rings (SSSR count). The van der Waals surface area contributed by atoms with Crippen molar-refractivity contribution in [3.63, 3.8) is 0 Å². The molecule has 0 heterocycles. The molecule has 100 valence electrons. The van der Waals surface area contributed by atoms with Crippen molar-refractivity contribution < 1.29 is 13.9 Å². The molecule has 1 fully saturated rings. The summed E-state index contributed by atoms with van der Waals surface area (Å²) in [5.41, 5.74) is 6.22. The van der Waals surface area contributed by atoms with Crippen LogP contribution in [0.3, 0.4) is 0 Å². The van der Waals surface area contributed by atoms with Gasteiger partial charge >= 0.3 is 0 Å². The van der Waals surface area contributed by atoms with Crippen molar-refractivity contribution in [2.75, 3.05) is 12.8 Å². The molecule has 2 atom stereocenters. The smallest absolute Gasteiger partial charge is 0.151 e. The maximum Gasteiger partial charge on any atom is 0.151 e. The van der Waals surface area contributed by atoms with Crippen LogP contribution in [0.15, 0.2) is 18.2 Å². The molecular weight excluding hydrogens is 233 g/mol. The van der Waals surface area contributed by atoms with Crippen molar-refractivity contribution in [2.24, 2.45) is 0 Å². The van der Waals surface area contributed by atoms with Gasteiger partial charge in [0.05, 0.1) is 24.5 Å². The van der Waals surface area contributed by atoms with E-state index in [-0.39, 0.29) is 30.3 Å². The average molecular weight is 253 g/mol. The lowest BCUT2D eigenvalue weighted by atomic mass is 9.95. The first-order chi connectivity index (χ1) is 8.70. The van der Waals surface area contributed by atoms with Gasteiger partial charge in [0.25, 0.3) is 0 Å². The number of rotatable bonds is 4. The first-order valence-corrected chi connectivity index (χ1v) is 6.38. The number of nitrogens with two attached hydrogens (primary N) is 1. The summed E-state index contributed by atoms with van der Waals surface area (Å²) in [6, 6.07) is 5.01. The van der Waals surface area contributed by atoms with Crippen molar-refractivity contribution in [1.82, 2.24) is 0 Å². The lowest BCUT2D eigenvalue weighted by Gasteiger charge is -2.28. The molecule has 2 unspecified atom stereocenters. The Morgan fingerprint density at radius 2 is 2.11 bits per heavy atom. The summed E-state index contributed by atoms with van der Waals surface area (Å²) in [6.45, 7) is 0.276. The van der Waals surface area contributed by atoms with Gasteiger partial charge in [-0.1, -0.05) is 12.1 Å². The van der Waals surface area contributed by atoms with Gasteiger partial charge in [0.15, 0.2) is 5.82 Å². The van der Waals surface area contributed by atoms with Crippen molar-refractivity contribution in [1.29, 1.82) is 0 Å². The topological polar surface area (TPSA) is 44.5 Å². The summed E-state index contributed by atoms with van der Waals surface area (Å²) < 4.78 is 24.8. The monoisotopic (exact) mass is 253 g/mol. The minimum absolute atomic E-state index is 0.157. The van der Waals surface area contributed by atoms with Crippen molar-refractivity contribution >= 4 is 5.69 Å². The van der Waals surface area contributed by atoms with Crippen LogP contribution in [0.5, 0.6) is 0 Å². The Labute approximate surface area is 107 Å². The van der Waals surface area contributed by atoms with Gasteiger partial charge in [-0.15, -0.1) is 0 Å². The van der Waals surface area contributed by atoms with E-state index in [1.807, 2.05) is 0 Å². The Hall–Kier alpha value is -1.13. The predicted molar refractivity (Wildman–Crippen MR) is 68.7 cm³/mol. The van der Waals surface area contributed by atoms with Gasteiger partial charge in [0, 0.05) is 12.7 Å². The van der Waals surface area contributed by atoms with Crippen molar-refractivity contribution in [3.8, 4) is 0 Å². The van der Waals surface area contributed by atoms with Crippen LogP contribution in [0.25, 0.3) is 0 Å². The van der Waals surface area contributed by atoms with E-state index in [4.69, 9.17) is 15.2 Å². The van der Waals surface area contributed by atoms with Gasteiger partial charge in [-0.25, -0.2) is 4.39 Å². The van der Waals surface area contributed by atoms with Gasteiger partial charge in [-0.3, -0.25) is 0 Å². The fourth-order valence-electron chi connectivity index (χ4n) is 2.39. The summed E-state index contributed by atoms with van der Waals surface area (Å²) in [4.78, 5) is 0. The van der Waals surface area contributed by atoms with E-state index in [0.717, 1.165) is 25.7 Å². The molecule has 0 amide bonds. The number of hydrogen-bond acceptors (Lipinski definition) is 3. The second-order valence-electron chi connectivity index (χ2n) is 4.78. The van der Waals surface area contributed by atoms with Crippen LogP contribution < -0.4 is 5.73 Å². The summed E-state index contributed by atoms with van der Waals surface area (Å²) in [5, 5.41) is 0. The standard InChI is InChI=1S/C14H20FNO2/c1-17-11-5-3-6-12(8-11)18-9-10-4-2-7-13(16)14(10)15/h2,4,7,11-12H,3,5-6,8-9,16H2,1H3. The number of methoxy groups -OCH3 is 1. The highest BCUT2D eigenvalue weighted by molar-refractivity contribution is 5.42. The van der Waals surface area contributed by atoms with Crippen LogP contribution in [0, 0.1) is 5.82 Å². The zero-order chi connectivity index (χ0) is 13.0. The van der Waals surface area contributed by atoms with Gasteiger partial charge in [0.2, 0.25) is 0 Å². The Balaban J connectivity index is 1.89. The van der Waals surface area contributed by atoms with Gasteiger partial charge in [-0.05, 0) is 31.7 Å². The van der Waals surface area contributed by atoms with Crippen molar-refractivity contribution in [2.45, 2.75) is 44.5 Å². The van der Waals surface area contributed by atoms with E-state index in [1.165, 1.54) is 0 Å². The van der Waals surface area contributed by atoms with Gasteiger partial charge < -0.3 is 15.2 Å². The maximum atomic E-state index is 13.7. The van der Waals surface area contributed by atoms with E-state index in [2.05, 4.69) is 0 Å². The maximum absolute atomic E-state index is 13.7. The number of ether oxygens (including phenoxy) is 2. The van der Waals surface area contributed by atoms with Gasteiger partial charge in [-0.2, -0.15) is 0 Å². The Morgan fingerprint density at radius 3 is 2.89 bits per heavy atom. The number of hydrogen-bond donors (Lipinski definition) is 1. The molecule has 1 saturated carbocycles. The molecule has 1 aliphatic rings. The summed E-state index contributed by atoms with van der Waals surface area (Å²) >= 11 is 0. The molecule has 0 radical (unpaired) electrons. The van der Waals surface area contributed by atoms with Crippen LogP contribution in [0.4, 0.5) is 10.1 Å². The second-order valence-corrected chi connectivity index (χ2v) is 4.78. The summed E-state index contributed by atoms with van der Waals surface area (Å²) in [5.74, 6) is -0.364. The van der Waals surface area contributed by atoms with Crippen LogP contribution in [0.1, 0.15) is 31.2 Å². The van der Waals surface area contributed by atoms with Crippen LogP contribution in [-0.4, -0.2) is 19.3 Å². The molecule has 4 heteroatoms. The third kappa shape index (κ3) is 3.21. The zero-order valence-corrected chi connectivity index (χ0v) is 10.7. The molecule has 1 aromatic rings. The fraction of sp³-hybridized carbons (Fsp3) is 0.571. The molecule has 3 nitrogen and oxygen atoms in total. The lowest BCUT2D eigenvalue weighted by molar-refractivity contribution is -0.0369. The summed E-state index contributed by atoms with van der Waals surface area (Å²) in [6.07, 6.45) is 4.52. The molecule has 0 bridgehead atoms. The molecule has 0 saturated heterocycles. The molecule has 18 heavy (non-hydrogen) atoms. The average Bonchev–Trinajstić information content (AvgIpc) is 2.41. The molecule has 1 aliphatic carbocycles. The fourth-order valence-corrected chi connectivity index (χ4v) is 2.39. The third-order valence-corrected chi connectivity index (χ3v) is 3.49. The van der Waals surface area contributed by atoms with E-state index in [9.17, 15) is 4.39 Å². The first-order valence-electron chi connectivity index (χ1n) is 6.38. The Morgan fingerprint density at radius 1 is 1.33 bits per heavy atom. The molecule has 0 aliphatic heterocycles. The highest BCUT2D eigenvalue weighted by Gasteiger charge is 2.22. The zero-order valence-electron chi connectivity index (χ0n) is 10.7. The van der Waals surface area contributed by atoms with E-state index >= 15 is 0 Å². The van der Waals surface area contributed by atoms with E-state index in [1.54, 1.807) is 25.3 Å². The predicted octanol–water partition coefficient (Wildman–Crippen LogP) is 2.88. The minimum Gasteiger partial charge on any atom is -0.396 e. The van der Waals surface area contributed by atoms with E-state index < -0.39 is 0 Å². The quantitative estimate of drug-likeness (QED) is 0.839. The number of anilines is 1.